The van der Waals surface area contributed by atoms with Crippen LogP contribution in [0.1, 0.15) is 41.5 Å². The van der Waals surface area contributed by atoms with Crippen molar-refractivity contribution in [3.8, 4) is 11.1 Å². The van der Waals surface area contributed by atoms with E-state index in [1.165, 1.54) is 12.3 Å². The average Bonchev–Trinajstić information content (AvgIpc) is 2.54. The van der Waals surface area contributed by atoms with E-state index in [4.69, 9.17) is 4.74 Å². The molecule has 0 aliphatic carbocycles. The average molecular weight is 357 g/mol. The van der Waals surface area contributed by atoms with Crippen LogP contribution in [-0.2, 0) is 16.1 Å². The molecule has 26 heavy (non-hydrogen) atoms. The maximum absolute atomic E-state index is 12.3. The third-order valence-electron chi connectivity index (χ3n) is 3.42. The Hall–Kier alpha value is -3.22. The SMILES string of the molecule is CC(C)(C)OC(=O)Cn1cc(-c2ccc(C=O)cc2)cc(C(=O)O)c1=O. The molecule has 1 aromatic carbocycles. The summed E-state index contributed by atoms with van der Waals surface area (Å²) in [6, 6.07) is 7.66. The summed E-state index contributed by atoms with van der Waals surface area (Å²) in [5, 5.41) is 9.29. The largest absolute Gasteiger partial charge is 0.477 e. The minimum absolute atomic E-state index is 0.406. The zero-order valence-electron chi connectivity index (χ0n) is 14.7. The van der Waals surface area contributed by atoms with Crippen LogP contribution in [0.5, 0.6) is 0 Å². The van der Waals surface area contributed by atoms with Crippen LogP contribution in [-0.4, -0.2) is 33.5 Å². The van der Waals surface area contributed by atoms with Gasteiger partial charge in [0.05, 0.1) is 0 Å². The Morgan fingerprint density at radius 2 is 1.77 bits per heavy atom. The summed E-state index contributed by atoms with van der Waals surface area (Å²) in [5.41, 5.74) is -0.464. The maximum atomic E-state index is 12.3. The molecule has 0 bridgehead atoms. The van der Waals surface area contributed by atoms with E-state index < -0.39 is 35.2 Å². The quantitative estimate of drug-likeness (QED) is 0.651. The monoisotopic (exact) mass is 357 g/mol. The molecule has 1 heterocycles. The molecular weight excluding hydrogens is 338 g/mol. The Morgan fingerprint density at radius 3 is 2.27 bits per heavy atom. The number of carbonyl (C=O) groups is 3. The van der Waals surface area contributed by atoms with Gasteiger partial charge in [0, 0.05) is 11.8 Å². The van der Waals surface area contributed by atoms with Crippen molar-refractivity contribution in [3.63, 3.8) is 0 Å². The third-order valence-corrected chi connectivity index (χ3v) is 3.42. The van der Waals surface area contributed by atoms with Crippen LogP contribution in [0.4, 0.5) is 0 Å². The van der Waals surface area contributed by atoms with Gasteiger partial charge in [0.25, 0.3) is 5.56 Å². The van der Waals surface area contributed by atoms with Gasteiger partial charge in [0.2, 0.25) is 0 Å². The van der Waals surface area contributed by atoms with E-state index in [2.05, 4.69) is 0 Å². The van der Waals surface area contributed by atoms with Gasteiger partial charge in [-0.3, -0.25) is 14.4 Å². The minimum atomic E-state index is -1.39. The molecule has 0 saturated heterocycles. The van der Waals surface area contributed by atoms with E-state index in [0.717, 1.165) is 4.57 Å². The first kappa shape index (κ1) is 19.1. The number of ether oxygens (including phenoxy) is 1. The fourth-order valence-corrected chi connectivity index (χ4v) is 2.33. The number of hydrogen-bond donors (Lipinski definition) is 1. The molecule has 2 rings (SSSR count). The second kappa shape index (κ2) is 7.35. The summed E-state index contributed by atoms with van der Waals surface area (Å²) in [7, 11) is 0. The van der Waals surface area contributed by atoms with E-state index in [1.54, 1.807) is 45.0 Å². The fourth-order valence-electron chi connectivity index (χ4n) is 2.33. The van der Waals surface area contributed by atoms with E-state index in [-0.39, 0.29) is 0 Å². The lowest BCUT2D eigenvalue weighted by molar-refractivity contribution is -0.155. The van der Waals surface area contributed by atoms with Crippen LogP contribution in [0.25, 0.3) is 11.1 Å². The van der Waals surface area contributed by atoms with E-state index in [0.29, 0.717) is 23.0 Å². The van der Waals surface area contributed by atoms with Gasteiger partial charge in [0.1, 0.15) is 24.0 Å². The first-order valence-corrected chi connectivity index (χ1v) is 7.86. The van der Waals surface area contributed by atoms with Crippen LogP contribution in [0.3, 0.4) is 0 Å². The number of aldehydes is 1. The molecule has 0 aliphatic rings. The number of pyridine rings is 1. The lowest BCUT2D eigenvalue weighted by atomic mass is 10.0. The lowest BCUT2D eigenvalue weighted by Crippen LogP contribution is -2.32. The molecule has 2 aromatic rings. The Bertz CT molecular complexity index is 903. The second-order valence-electron chi connectivity index (χ2n) is 6.71. The lowest BCUT2D eigenvalue weighted by Gasteiger charge is -2.20. The fraction of sp³-hybridized carbons (Fsp3) is 0.263. The molecule has 0 atom stereocenters. The first-order valence-electron chi connectivity index (χ1n) is 7.86. The summed E-state index contributed by atoms with van der Waals surface area (Å²) < 4.78 is 6.20. The summed E-state index contributed by atoms with van der Waals surface area (Å²) in [5.74, 6) is -2.04. The molecule has 0 amide bonds. The van der Waals surface area contributed by atoms with Crippen LogP contribution < -0.4 is 5.56 Å². The molecule has 1 N–H and O–H groups in total. The van der Waals surface area contributed by atoms with Gasteiger partial charge in [-0.25, -0.2) is 4.79 Å². The Morgan fingerprint density at radius 1 is 1.15 bits per heavy atom. The number of carboxylic acid groups (broad SMARTS) is 1. The molecule has 7 heteroatoms. The molecule has 0 spiro atoms. The van der Waals surface area contributed by atoms with Crippen LogP contribution in [0, 0.1) is 0 Å². The zero-order chi connectivity index (χ0) is 19.5. The molecule has 7 nitrogen and oxygen atoms in total. The predicted octanol–water partition coefficient (Wildman–Crippen LogP) is 2.37. The second-order valence-corrected chi connectivity index (χ2v) is 6.71. The van der Waals surface area contributed by atoms with Crippen LogP contribution >= 0.6 is 0 Å². The van der Waals surface area contributed by atoms with Crippen molar-refractivity contribution in [1.82, 2.24) is 4.57 Å². The molecular formula is C19H19NO6. The first-order chi connectivity index (χ1) is 12.1. The Balaban J connectivity index is 2.48. The number of esters is 1. The van der Waals surface area contributed by atoms with Crippen molar-refractivity contribution in [3.05, 3.63) is 58.0 Å². The highest BCUT2D eigenvalue weighted by Crippen LogP contribution is 2.20. The van der Waals surface area contributed by atoms with Gasteiger partial charge in [-0.1, -0.05) is 24.3 Å². The summed E-state index contributed by atoms with van der Waals surface area (Å²) in [4.78, 5) is 46.5. The standard InChI is InChI=1S/C19H19NO6/c1-19(2,3)26-16(22)10-20-9-14(8-15(17(20)23)18(24)25)13-6-4-12(11-21)5-7-13/h4-9,11H,10H2,1-3H3,(H,24,25). The molecule has 0 fully saturated rings. The highest BCUT2D eigenvalue weighted by molar-refractivity contribution is 5.89. The van der Waals surface area contributed by atoms with Gasteiger partial charge in [0.15, 0.2) is 0 Å². The van der Waals surface area contributed by atoms with Crippen molar-refractivity contribution in [2.24, 2.45) is 0 Å². The maximum Gasteiger partial charge on any atom is 0.341 e. The number of aromatic nitrogens is 1. The van der Waals surface area contributed by atoms with Crippen molar-refractivity contribution in [1.29, 1.82) is 0 Å². The Labute approximate surface area is 149 Å². The van der Waals surface area contributed by atoms with Gasteiger partial charge >= 0.3 is 11.9 Å². The van der Waals surface area contributed by atoms with Crippen molar-refractivity contribution < 1.29 is 24.2 Å². The molecule has 0 radical (unpaired) electrons. The van der Waals surface area contributed by atoms with E-state index in [9.17, 15) is 24.3 Å². The molecule has 0 saturated carbocycles. The highest BCUT2D eigenvalue weighted by atomic mass is 16.6. The van der Waals surface area contributed by atoms with Crippen molar-refractivity contribution in [2.45, 2.75) is 32.9 Å². The third kappa shape index (κ3) is 4.66. The smallest absolute Gasteiger partial charge is 0.341 e. The normalized spacial score (nSPS) is 11.0. The van der Waals surface area contributed by atoms with Crippen LogP contribution in [0.2, 0.25) is 0 Å². The molecule has 136 valence electrons. The van der Waals surface area contributed by atoms with E-state index in [1.807, 2.05) is 0 Å². The molecule has 1 aromatic heterocycles. The van der Waals surface area contributed by atoms with Gasteiger partial charge in [-0.2, -0.15) is 0 Å². The minimum Gasteiger partial charge on any atom is -0.477 e. The van der Waals surface area contributed by atoms with Crippen molar-refractivity contribution in [2.75, 3.05) is 0 Å². The van der Waals surface area contributed by atoms with Gasteiger partial charge in [-0.05, 0) is 38.0 Å². The van der Waals surface area contributed by atoms with Gasteiger partial charge in [-0.15, -0.1) is 0 Å². The number of nitrogens with zero attached hydrogens (tertiary/aromatic N) is 1. The van der Waals surface area contributed by atoms with E-state index >= 15 is 0 Å². The summed E-state index contributed by atoms with van der Waals surface area (Å²) in [6.45, 7) is 4.68. The topological polar surface area (TPSA) is 103 Å². The number of aromatic carboxylic acids is 1. The summed E-state index contributed by atoms with van der Waals surface area (Å²) in [6.07, 6.45) is 2.09. The zero-order valence-corrected chi connectivity index (χ0v) is 14.7. The van der Waals surface area contributed by atoms with Gasteiger partial charge < -0.3 is 14.4 Å². The molecule has 0 aliphatic heterocycles. The number of carboxylic acids is 1. The summed E-state index contributed by atoms with van der Waals surface area (Å²) >= 11 is 0. The predicted molar refractivity (Wildman–Crippen MR) is 94.3 cm³/mol. The number of hydrogen-bond acceptors (Lipinski definition) is 5. The Kier molecular flexibility index (Phi) is 5.40. The number of rotatable bonds is 5. The molecule has 0 unspecified atom stereocenters. The number of benzene rings is 1. The number of carbonyl (C=O) groups excluding carboxylic acids is 2. The highest BCUT2D eigenvalue weighted by Gasteiger charge is 2.19. The van der Waals surface area contributed by atoms with Crippen LogP contribution in [0.15, 0.2) is 41.3 Å². The van der Waals surface area contributed by atoms with Crippen molar-refractivity contribution >= 4 is 18.2 Å².